The molecule has 3 aromatic carbocycles. The fourth-order valence-electron chi connectivity index (χ4n) is 4.81. The van der Waals surface area contributed by atoms with Gasteiger partial charge in [-0.25, -0.2) is 9.37 Å². The van der Waals surface area contributed by atoms with Crippen LogP contribution in [0.15, 0.2) is 60.2 Å². The highest BCUT2D eigenvalue weighted by Crippen LogP contribution is 2.39. The molecule has 0 radical (unpaired) electrons. The number of imidazole rings is 1. The lowest BCUT2D eigenvalue weighted by molar-refractivity contribution is 0.175. The first kappa shape index (κ1) is 23.7. The topological polar surface area (TPSA) is 69.3 Å². The molecule has 0 saturated carbocycles. The van der Waals surface area contributed by atoms with E-state index in [2.05, 4.69) is 28.8 Å². The van der Waals surface area contributed by atoms with Gasteiger partial charge in [-0.1, -0.05) is 24.3 Å². The van der Waals surface area contributed by atoms with Gasteiger partial charge in [-0.3, -0.25) is 0 Å². The molecule has 7 heteroatoms. The summed E-state index contributed by atoms with van der Waals surface area (Å²) in [5.41, 5.74) is 7.87. The Labute approximate surface area is 209 Å². The average molecular weight is 484 g/mol. The smallest absolute Gasteiger partial charge is 0.136 e. The maximum atomic E-state index is 14.0. The minimum Gasteiger partial charge on any atom is -0.488 e. The molecule has 36 heavy (non-hydrogen) atoms. The number of nitriles is 1. The molecular weight excluding hydrogens is 457 g/mol. The summed E-state index contributed by atoms with van der Waals surface area (Å²) < 4.78 is 32.9. The van der Waals surface area contributed by atoms with Crippen LogP contribution in [0, 0.1) is 17.1 Å². The SMILES string of the molecule is COCc1cccc2c1nc(COC)n2Cc1ccc2c(c1)COc1cc(F)ccc1C2=C(C)C#N. The summed E-state index contributed by atoms with van der Waals surface area (Å²) in [4.78, 5) is 4.86. The van der Waals surface area contributed by atoms with Crippen molar-refractivity contribution in [2.45, 2.75) is 33.3 Å². The van der Waals surface area contributed by atoms with Gasteiger partial charge < -0.3 is 18.8 Å². The maximum absolute atomic E-state index is 14.0. The standard InChI is InChI=1S/C29H26FN3O3/c1-18(13-31)28-23-9-7-19(11-21(23)16-36-26-12-22(30)8-10-24(26)28)14-33-25-6-4-5-20(15-34-2)29(25)32-27(33)17-35-3/h4-12H,14-17H2,1-3H3. The highest BCUT2D eigenvalue weighted by Gasteiger charge is 2.23. The minimum absolute atomic E-state index is 0.273. The van der Waals surface area contributed by atoms with Crippen LogP contribution in [0.25, 0.3) is 16.6 Å². The average Bonchev–Trinajstić information content (AvgIpc) is 3.13. The van der Waals surface area contributed by atoms with E-state index in [0.29, 0.717) is 31.1 Å². The molecule has 0 unspecified atom stereocenters. The molecule has 1 aliphatic rings. The Balaban J connectivity index is 1.59. The molecule has 0 amide bonds. The van der Waals surface area contributed by atoms with Crippen molar-refractivity contribution in [3.05, 3.63) is 99.6 Å². The van der Waals surface area contributed by atoms with Gasteiger partial charge in [0, 0.05) is 49.1 Å². The minimum atomic E-state index is -0.375. The highest BCUT2D eigenvalue weighted by molar-refractivity contribution is 5.88. The van der Waals surface area contributed by atoms with Crippen molar-refractivity contribution in [3.8, 4) is 11.8 Å². The van der Waals surface area contributed by atoms with Crippen molar-refractivity contribution >= 4 is 16.6 Å². The monoisotopic (exact) mass is 483 g/mol. The first-order valence-corrected chi connectivity index (χ1v) is 11.6. The van der Waals surface area contributed by atoms with Crippen LogP contribution < -0.4 is 4.74 Å². The Morgan fingerprint density at radius 3 is 2.67 bits per heavy atom. The fraction of sp³-hybridized carbons (Fsp3) is 0.241. The van der Waals surface area contributed by atoms with Crippen molar-refractivity contribution in [1.82, 2.24) is 9.55 Å². The number of aromatic nitrogens is 2. The van der Waals surface area contributed by atoms with E-state index in [-0.39, 0.29) is 12.4 Å². The number of para-hydroxylation sites is 1. The zero-order valence-electron chi connectivity index (χ0n) is 20.5. The number of methoxy groups -OCH3 is 2. The summed E-state index contributed by atoms with van der Waals surface area (Å²) >= 11 is 0. The van der Waals surface area contributed by atoms with Crippen molar-refractivity contribution in [2.75, 3.05) is 14.2 Å². The van der Waals surface area contributed by atoms with Crippen molar-refractivity contribution in [3.63, 3.8) is 0 Å². The van der Waals surface area contributed by atoms with E-state index in [4.69, 9.17) is 19.2 Å². The van der Waals surface area contributed by atoms with Crippen LogP contribution >= 0.6 is 0 Å². The Morgan fingerprint density at radius 1 is 1.08 bits per heavy atom. The third-order valence-corrected chi connectivity index (χ3v) is 6.43. The summed E-state index contributed by atoms with van der Waals surface area (Å²) in [7, 11) is 3.33. The predicted octanol–water partition coefficient (Wildman–Crippen LogP) is 5.75. The van der Waals surface area contributed by atoms with Crippen molar-refractivity contribution < 1.29 is 18.6 Å². The van der Waals surface area contributed by atoms with Crippen molar-refractivity contribution in [2.24, 2.45) is 0 Å². The van der Waals surface area contributed by atoms with Gasteiger partial charge in [-0.15, -0.1) is 0 Å². The Bertz CT molecular complexity index is 1530. The quantitative estimate of drug-likeness (QED) is 0.327. The second-order valence-electron chi connectivity index (χ2n) is 8.80. The molecule has 0 N–H and O–H groups in total. The Hall–Kier alpha value is -3.99. The molecule has 0 bridgehead atoms. The molecule has 5 rings (SSSR count). The van der Waals surface area contributed by atoms with Gasteiger partial charge in [0.1, 0.15) is 30.6 Å². The molecule has 0 aliphatic carbocycles. The number of rotatable bonds is 6. The van der Waals surface area contributed by atoms with E-state index in [0.717, 1.165) is 50.2 Å². The second kappa shape index (κ2) is 9.94. The van der Waals surface area contributed by atoms with Gasteiger partial charge in [0.25, 0.3) is 0 Å². The van der Waals surface area contributed by atoms with Crippen LogP contribution in [0.2, 0.25) is 0 Å². The van der Waals surface area contributed by atoms with Crippen molar-refractivity contribution in [1.29, 1.82) is 5.26 Å². The van der Waals surface area contributed by atoms with E-state index < -0.39 is 0 Å². The number of nitrogens with zero attached hydrogens (tertiary/aromatic N) is 3. The normalized spacial score (nSPS) is 14.0. The van der Waals surface area contributed by atoms with Crippen LogP contribution in [0.4, 0.5) is 4.39 Å². The zero-order valence-corrected chi connectivity index (χ0v) is 20.5. The number of hydrogen-bond acceptors (Lipinski definition) is 5. The zero-order chi connectivity index (χ0) is 25.2. The number of halogens is 1. The van der Waals surface area contributed by atoms with Gasteiger partial charge >= 0.3 is 0 Å². The molecule has 0 saturated heterocycles. The van der Waals surface area contributed by atoms with E-state index in [1.807, 2.05) is 18.2 Å². The number of allylic oxidation sites excluding steroid dienone is 1. The fourth-order valence-corrected chi connectivity index (χ4v) is 4.81. The van der Waals surface area contributed by atoms with E-state index in [9.17, 15) is 9.65 Å². The van der Waals surface area contributed by atoms with Gasteiger partial charge in [-0.2, -0.15) is 5.26 Å². The molecule has 2 heterocycles. The summed E-state index contributed by atoms with van der Waals surface area (Å²) in [6.07, 6.45) is 0. The molecule has 0 spiro atoms. The number of benzene rings is 3. The van der Waals surface area contributed by atoms with Crippen LogP contribution in [0.3, 0.4) is 0 Å². The van der Waals surface area contributed by atoms with E-state index in [1.54, 1.807) is 27.2 Å². The molecule has 1 aromatic heterocycles. The number of ether oxygens (including phenoxy) is 3. The predicted molar refractivity (Wildman–Crippen MR) is 135 cm³/mol. The largest absolute Gasteiger partial charge is 0.488 e. The van der Waals surface area contributed by atoms with Gasteiger partial charge in [0.15, 0.2) is 0 Å². The van der Waals surface area contributed by atoms with Crippen LogP contribution in [-0.2, 0) is 35.8 Å². The third-order valence-electron chi connectivity index (χ3n) is 6.43. The lowest BCUT2D eigenvalue weighted by atomic mass is 9.90. The van der Waals surface area contributed by atoms with Crippen LogP contribution in [-0.4, -0.2) is 23.8 Å². The third kappa shape index (κ3) is 4.26. The lowest BCUT2D eigenvalue weighted by Gasteiger charge is -2.14. The van der Waals surface area contributed by atoms with Gasteiger partial charge in [0.05, 0.1) is 23.7 Å². The molecule has 0 fully saturated rings. The van der Waals surface area contributed by atoms with Crippen LogP contribution in [0.5, 0.6) is 5.75 Å². The van der Waals surface area contributed by atoms with Crippen LogP contribution in [0.1, 0.15) is 40.6 Å². The van der Waals surface area contributed by atoms with E-state index >= 15 is 0 Å². The first-order chi connectivity index (χ1) is 17.5. The summed E-state index contributed by atoms with van der Waals surface area (Å²) in [6.45, 7) is 3.49. The molecule has 6 nitrogen and oxygen atoms in total. The summed E-state index contributed by atoms with van der Waals surface area (Å²) in [5.74, 6) is 0.886. The highest BCUT2D eigenvalue weighted by atomic mass is 19.1. The maximum Gasteiger partial charge on any atom is 0.136 e. The molecule has 1 aliphatic heterocycles. The van der Waals surface area contributed by atoms with Gasteiger partial charge in [0.2, 0.25) is 0 Å². The number of fused-ring (bicyclic) bond motifs is 3. The molecule has 4 aromatic rings. The molecule has 0 atom stereocenters. The number of hydrogen-bond donors (Lipinski definition) is 0. The molecule has 182 valence electrons. The van der Waals surface area contributed by atoms with Gasteiger partial charge in [-0.05, 0) is 47.9 Å². The summed E-state index contributed by atoms with van der Waals surface area (Å²) in [5, 5.41) is 9.70. The first-order valence-electron chi connectivity index (χ1n) is 11.6. The Morgan fingerprint density at radius 2 is 1.89 bits per heavy atom. The van der Waals surface area contributed by atoms with E-state index in [1.165, 1.54) is 12.1 Å². The molecular formula is C29H26FN3O3. The second-order valence-corrected chi connectivity index (χ2v) is 8.80. The Kier molecular flexibility index (Phi) is 6.55. The summed E-state index contributed by atoms with van der Waals surface area (Å²) in [6, 6.07) is 18.9. The lowest BCUT2D eigenvalue weighted by Crippen LogP contribution is -2.07.